The fourth-order valence-corrected chi connectivity index (χ4v) is 3.10. The van der Waals surface area contributed by atoms with Gasteiger partial charge in [-0.25, -0.2) is 0 Å². The molecule has 0 aromatic heterocycles. The monoisotopic (exact) mass is 313 g/mol. The Morgan fingerprint density at radius 2 is 1.91 bits per heavy atom. The normalized spacial score (nSPS) is 17.1. The highest BCUT2D eigenvalue weighted by molar-refractivity contribution is 5.98. The summed E-state index contributed by atoms with van der Waals surface area (Å²) < 4.78 is 5.30. The summed E-state index contributed by atoms with van der Waals surface area (Å²) in [4.78, 5) is 12.2. The van der Waals surface area contributed by atoms with Gasteiger partial charge in [-0.15, -0.1) is 0 Å². The lowest BCUT2D eigenvalue weighted by molar-refractivity contribution is 0.00528. The van der Waals surface area contributed by atoms with Gasteiger partial charge in [0.05, 0.1) is 6.10 Å². The van der Waals surface area contributed by atoms with Gasteiger partial charge < -0.3 is 15.2 Å². The molecule has 2 aromatic rings. The number of fused-ring (bicyclic) bond motifs is 1. The van der Waals surface area contributed by atoms with E-state index in [-0.39, 0.29) is 12.0 Å². The number of amides is 1. The lowest BCUT2D eigenvalue weighted by atomic mass is 9.92. The van der Waals surface area contributed by atoms with Crippen LogP contribution in [-0.2, 0) is 4.74 Å². The smallest absolute Gasteiger partial charge is 0.251 e. The summed E-state index contributed by atoms with van der Waals surface area (Å²) in [6.45, 7) is 1.94. The maximum atomic E-state index is 12.2. The van der Waals surface area contributed by atoms with Crippen molar-refractivity contribution in [1.29, 1.82) is 0 Å². The third-order valence-electron chi connectivity index (χ3n) is 4.55. The van der Waals surface area contributed by atoms with Gasteiger partial charge in [0.25, 0.3) is 5.91 Å². The molecule has 1 aliphatic rings. The number of carbonyl (C=O) groups is 1. The van der Waals surface area contributed by atoms with E-state index in [9.17, 15) is 9.90 Å². The van der Waals surface area contributed by atoms with Crippen LogP contribution in [0.15, 0.2) is 42.5 Å². The van der Waals surface area contributed by atoms with E-state index in [1.165, 1.54) is 0 Å². The molecule has 3 rings (SSSR count). The quantitative estimate of drug-likeness (QED) is 0.892. The maximum absolute atomic E-state index is 12.2. The summed E-state index contributed by atoms with van der Waals surface area (Å²) in [5.74, 6) is 0.205. The van der Waals surface area contributed by atoms with E-state index < -0.39 is 0 Å². The fourth-order valence-electron chi connectivity index (χ4n) is 3.10. The predicted molar refractivity (Wildman–Crippen MR) is 90.4 cm³/mol. The minimum absolute atomic E-state index is 0.0880. The number of ether oxygens (including phenoxy) is 1. The molecule has 23 heavy (non-hydrogen) atoms. The van der Waals surface area contributed by atoms with Crippen molar-refractivity contribution in [2.24, 2.45) is 5.92 Å². The van der Waals surface area contributed by atoms with Crippen LogP contribution >= 0.6 is 0 Å². The molecule has 0 bridgehead atoms. The average Bonchev–Trinajstić information content (AvgIpc) is 2.61. The van der Waals surface area contributed by atoms with Crippen LogP contribution in [0.1, 0.15) is 29.6 Å². The second-order valence-electron chi connectivity index (χ2n) is 6.12. The molecular formula is C19H23NO3. The van der Waals surface area contributed by atoms with Crippen molar-refractivity contribution < 1.29 is 14.6 Å². The summed E-state index contributed by atoms with van der Waals surface area (Å²) >= 11 is 0. The number of carbonyl (C=O) groups excluding carboxylic acids is 1. The Kier molecular flexibility index (Phi) is 5.26. The summed E-state index contributed by atoms with van der Waals surface area (Å²) in [6, 6.07) is 13.7. The van der Waals surface area contributed by atoms with Crippen LogP contribution in [0, 0.1) is 5.92 Å². The summed E-state index contributed by atoms with van der Waals surface area (Å²) in [5.41, 5.74) is 0.657. The number of hydrogen-bond acceptors (Lipinski definition) is 3. The Labute approximate surface area is 136 Å². The third kappa shape index (κ3) is 4.09. The zero-order valence-corrected chi connectivity index (χ0v) is 13.2. The van der Waals surface area contributed by atoms with Crippen LogP contribution in [0.3, 0.4) is 0 Å². The molecule has 1 saturated heterocycles. The molecule has 1 aliphatic heterocycles. The second-order valence-corrected chi connectivity index (χ2v) is 6.12. The van der Waals surface area contributed by atoms with Gasteiger partial charge in [0.2, 0.25) is 0 Å². The van der Waals surface area contributed by atoms with Crippen molar-refractivity contribution in [3.05, 3.63) is 48.0 Å². The zero-order chi connectivity index (χ0) is 16.1. The molecule has 1 heterocycles. The van der Waals surface area contributed by atoms with Gasteiger partial charge in [0.1, 0.15) is 0 Å². The van der Waals surface area contributed by atoms with Crippen molar-refractivity contribution in [3.8, 4) is 0 Å². The van der Waals surface area contributed by atoms with Crippen LogP contribution in [0.4, 0.5) is 0 Å². The molecule has 122 valence electrons. The molecule has 0 radical (unpaired) electrons. The molecule has 0 spiro atoms. The Balaban J connectivity index is 1.51. The lowest BCUT2D eigenvalue weighted by Crippen LogP contribution is -2.32. The van der Waals surface area contributed by atoms with Crippen LogP contribution in [0.25, 0.3) is 10.8 Å². The largest absolute Gasteiger partial charge is 0.393 e. The summed E-state index contributed by atoms with van der Waals surface area (Å²) in [6.07, 6.45) is 2.03. The van der Waals surface area contributed by atoms with Gasteiger partial charge >= 0.3 is 0 Å². The van der Waals surface area contributed by atoms with Crippen molar-refractivity contribution in [3.63, 3.8) is 0 Å². The van der Waals surface area contributed by atoms with E-state index in [2.05, 4.69) is 5.32 Å². The molecule has 0 unspecified atom stereocenters. The highest BCUT2D eigenvalue weighted by Gasteiger charge is 2.21. The molecule has 1 amide bonds. The van der Waals surface area contributed by atoms with Gasteiger partial charge in [-0.3, -0.25) is 4.79 Å². The summed E-state index contributed by atoms with van der Waals surface area (Å²) in [5, 5.41) is 15.3. The standard InChI is InChI=1S/C19H23NO3/c21-18(15-8-11-23-12-9-15)7-10-20-19(22)17-6-5-14-3-1-2-4-16(14)13-17/h1-6,13,15,18,21H,7-12H2,(H,20,22)/t18-/m0/s1. The van der Waals surface area contributed by atoms with Crippen molar-refractivity contribution in [1.82, 2.24) is 5.32 Å². The van der Waals surface area contributed by atoms with E-state index in [4.69, 9.17) is 4.74 Å². The minimum atomic E-state index is -0.365. The number of nitrogens with one attached hydrogen (secondary N) is 1. The van der Waals surface area contributed by atoms with Crippen molar-refractivity contribution in [2.45, 2.75) is 25.4 Å². The first kappa shape index (κ1) is 16.0. The number of hydrogen-bond donors (Lipinski definition) is 2. The van der Waals surface area contributed by atoms with Gasteiger partial charge in [-0.2, -0.15) is 0 Å². The van der Waals surface area contributed by atoms with Gasteiger partial charge in [-0.1, -0.05) is 30.3 Å². The number of rotatable bonds is 5. The highest BCUT2D eigenvalue weighted by atomic mass is 16.5. The van der Waals surface area contributed by atoms with Gasteiger partial charge in [-0.05, 0) is 48.1 Å². The Hall–Kier alpha value is -1.91. The number of aliphatic hydroxyl groups excluding tert-OH is 1. The van der Waals surface area contributed by atoms with E-state index >= 15 is 0 Å². The first-order chi connectivity index (χ1) is 11.2. The topological polar surface area (TPSA) is 58.6 Å². The molecule has 0 aliphatic carbocycles. The third-order valence-corrected chi connectivity index (χ3v) is 4.55. The SMILES string of the molecule is O=C(NCC[C@H](O)C1CCOCC1)c1ccc2ccccc2c1. The average molecular weight is 313 g/mol. The minimum Gasteiger partial charge on any atom is -0.393 e. The molecule has 4 nitrogen and oxygen atoms in total. The molecule has 2 N–H and O–H groups in total. The van der Waals surface area contributed by atoms with Gasteiger partial charge in [0.15, 0.2) is 0 Å². The first-order valence-electron chi connectivity index (χ1n) is 8.27. The Morgan fingerprint density at radius 3 is 2.70 bits per heavy atom. The van der Waals surface area contributed by atoms with E-state index in [0.29, 0.717) is 24.4 Å². The molecule has 0 saturated carbocycles. The van der Waals surface area contributed by atoms with Crippen LogP contribution < -0.4 is 5.32 Å². The first-order valence-corrected chi connectivity index (χ1v) is 8.27. The van der Waals surface area contributed by atoms with Crippen LogP contribution in [0.5, 0.6) is 0 Å². The fraction of sp³-hybridized carbons (Fsp3) is 0.421. The second kappa shape index (κ2) is 7.57. The van der Waals surface area contributed by atoms with Crippen LogP contribution in [-0.4, -0.2) is 36.9 Å². The molecular weight excluding hydrogens is 290 g/mol. The maximum Gasteiger partial charge on any atom is 0.251 e. The summed E-state index contributed by atoms with van der Waals surface area (Å²) in [7, 11) is 0. The molecule has 4 heteroatoms. The number of aliphatic hydroxyl groups is 1. The molecule has 2 aromatic carbocycles. The number of benzene rings is 2. The van der Waals surface area contributed by atoms with E-state index in [1.54, 1.807) is 0 Å². The predicted octanol–water partition coefficient (Wildman–Crippen LogP) is 2.75. The zero-order valence-electron chi connectivity index (χ0n) is 13.2. The molecule has 1 atom stereocenters. The van der Waals surface area contributed by atoms with E-state index in [0.717, 1.165) is 36.8 Å². The molecule has 1 fully saturated rings. The Morgan fingerprint density at radius 1 is 1.17 bits per heavy atom. The van der Waals surface area contributed by atoms with Gasteiger partial charge in [0, 0.05) is 25.3 Å². The van der Waals surface area contributed by atoms with Crippen LogP contribution in [0.2, 0.25) is 0 Å². The van der Waals surface area contributed by atoms with Crippen molar-refractivity contribution >= 4 is 16.7 Å². The Bertz CT molecular complexity index is 664. The van der Waals surface area contributed by atoms with E-state index in [1.807, 2.05) is 42.5 Å². The lowest BCUT2D eigenvalue weighted by Gasteiger charge is -2.26. The van der Waals surface area contributed by atoms with Crippen molar-refractivity contribution in [2.75, 3.05) is 19.8 Å². The highest BCUT2D eigenvalue weighted by Crippen LogP contribution is 2.20.